The van der Waals surface area contributed by atoms with Crippen LogP contribution in [0.25, 0.3) is 0 Å². The van der Waals surface area contributed by atoms with Crippen LogP contribution in [0.4, 0.5) is 4.79 Å². The fourth-order valence-electron chi connectivity index (χ4n) is 1.59. The van der Waals surface area contributed by atoms with Gasteiger partial charge >= 0.3 is 12.0 Å². The Morgan fingerprint density at radius 1 is 1.53 bits per heavy atom. The van der Waals surface area contributed by atoms with Gasteiger partial charge in [0, 0.05) is 38.6 Å². The third kappa shape index (κ3) is 4.99. The molecule has 1 aromatic heterocycles. The number of urea groups is 1. The average Bonchev–Trinajstić information content (AvgIpc) is 2.88. The van der Waals surface area contributed by atoms with Crippen molar-refractivity contribution in [2.45, 2.75) is 20.4 Å². The van der Waals surface area contributed by atoms with Crippen LogP contribution in [0.15, 0.2) is 18.7 Å². The molecule has 7 nitrogen and oxygen atoms in total. The van der Waals surface area contributed by atoms with E-state index in [9.17, 15) is 9.59 Å². The Balaban J connectivity index is 2.34. The van der Waals surface area contributed by atoms with E-state index < -0.39 is 11.9 Å². The summed E-state index contributed by atoms with van der Waals surface area (Å²) >= 11 is 0. The molecule has 0 radical (unpaired) electrons. The van der Waals surface area contributed by atoms with Crippen LogP contribution in [-0.2, 0) is 11.3 Å². The van der Waals surface area contributed by atoms with Gasteiger partial charge in [-0.15, -0.1) is 0 Å². The Kier molecular flexibility index (Phi) is 5.84. The second kappa shape index (κ2) is 7.40. The lowest BCUT2D eigenvalue weighted by Gasteiger charge is -2.23. The first-order valence-corrected chi connectivity index (χ1v) is 6.26. The summed E-state index contributed by atoms with van der Waals surface area (Å²) in [6, 6.07) is -0.240. The molecular formula is C12H20N4O3. The first kappa shape index (κ1) is 15.0. The van der Waals surface area contributed by atoms with Crippen molar-refractivity contribution in [3.63, 3.8) is 0 Å². The van der Waals surface area contributed by atoms with E-state index in [0.29, 0.717) is 19.6 Å². The highest BCUT2D eigenvalue weighted by Gasteiger charge is 2.18. The minimum absolute atomic E-state index is 0.211. The van der Waals surface area contributed by atoms with Gasteiger partial charge in [-0.25, -0.2) is 9.78 Å². The van der Waals surface area contributed by atoms with Crippen LogP contribution in [-0.4, -0.2) is 51.2 Å². The third-order valence-corrected chi connectivity index (χ3v) is 2.79. The highest BCUT2D eigenvalue weighted by atomic mass is 16.4. The number of carboxylic acid groups (broad SMARTS) is 1. The van der Waals surface area contributed by atoms with Gasteiger partial charge < -0.3 is 19.9 Å². The van der Waals surface area contributed by atoms with Crippen LogP contribution in [0.1, 0.15) is 13.8 Å². The van der Waals surface area contributed by atoms with E-state index in [2.05, 4.69) is 10.3 Å². The number of nitrogens with one attached hydrogen (secondary N) is 1. The molecule has 7 heteroatoms. The Hall–Kier alpha value is -2.05. The van der Waals surface area contributed by atoms with Gasteiger partial charge in [0.25, 0.3) is 0 Å². The van der Waals surface area contributed by atoms with Crippen molar-refractivity contribution in [2.24, 2.45) is 5.92 Å². The number of hydrogen-bond donors (Lipinski definition) is 2. The molecule has 19 heavy (non-hydrogen) atoms. The zero-order valence-corrected chi connectivity index (χ0v) is 11.2. The molecule has 0 spiro atoms. The van der Waals surface area contributed by atoms with Crippen molar-refractivity contribution in [2.75, 3.05) is 19.6 Å². The second-order valence-corrected chi connectivity index (χ2v) is 4.31. The number of carbonyl (C=O) groups excluding carboxylic acids is 1. The molecule has 2 amide bonds. The van der Waals surface area contributed by atoms with E-state index in [1.54, 1.807) is 19.4 Å². The molecule has 0 fully saturated rings. The van der Waals surface area contributed by atoms with Crippen LogP contribution in [0.3, 0.4) is 0 Å². The molecule has 1 rings (SSSR count). The molecule has 0 saturated carbocycles. The van der Waals surface area contributed by atoms with Crippen molar-refractivity contribution in [3.05, 3.63) is 18.7 Å². The van der Waals surface area contributed by atoms with Crippen LogP contribution >= 0.6 is 0 Å². The van der Waals surface area contributed by atoms with Gasteiger partial charge in [0.1, 0.15) is 0 Å². The summed E-state index contributed by atoms with van der Waals surface area (Å²) in [6.45, 7) is 5.22. The number of aliphatic carboxylic acids is 1. The maximum absolute atomic E-state index is 11.9. The van der Waals surface area contributed by atoms with Crippen molar-refractivity contribution >= 4 is 12.0 Å². The van der Waals surface area contributed by atoms with Gasteiger partial charge in [-0.05, 0) is 6.92 Å². The minimum atomic E-state index is -0.898. The molecule has 0 aliphatic rings. The maximum atomic E-state index is 11.9. The molecular weight excluding hydrogens is 248 g/mol. The number of carbonyl (C=O) groups is 2. The molecule has 0 bridgehead atoms. The van der Waals surface area contributed by atoms with Crippen molar-refractivity contribution in [1.82, 2.24) is 19.8 Å². The summed E-state index contributed by atoms with van der Waals surface area (Å²) in [5.41, 5.74) is 0. The fraction of sp³-hybridized carbons (Fsp3) is 0.583. The Morgan fingerprint density at radius 2 is 2.26 bits per heavy atom. The van der Waals surface area contributed by atoms with Crippen LogP contribution in [0, 0.1) is 5.92 Å². The molecule has 0 saturated heterocycles. The summed E-state index contributed by atoms with van der Waals surface area (Å²) in [7, 11) is 0. The lowest BCUT2D eigenvalue weighted by Crippen LogP contribution is -2.44. The number of hydrogen-bond acceptors (Lipinski definition) is 3. The predicted molar refractivity (Wildman–Crippen MR) is 69.7 cm³/mol. The van der Waals surface area contributed by atoms with E-state index in [4.69, 9.17) is 5.11 Å². The molecule has 1 unspecified atom stereocenters. The van der Waals surface area contributed by atoms with Crippen molar-refractivity contribution < 1.29 is 14.7 Å². The summed E-state index contributed by atoms with van der Waals surface area (Å²) in [5.74, 6) is -1.47. The van der Waals surface area contributed by atoms with E-state index >= 15 is 0 Å². The Labute approximate surface area is 112 Å². The summed E-state index contributed by atoms with van der Waals surface area (Å²) in [4.78, 5) is 28.0. The molecule has 1 heterocycles. The SMILES string of the molecule is CCN(CC(C)C(=O)O)C(=O)NCCn1ccnc1. The third-order valence-electron chi connectivity index (χ3n) is 2.79. The largest absolute Gasteiger partial charge is 0.481 e. The highest BCUT2D eigenvalue weighted by Crippen LogP contribution is 2.00. The van der Waals surface area contributed by atoms with Crippen LogP contribution < -0.4 is 5.32 Å². The first-order valence-electron chi connectivity index (χ1n) is 6.26. The van der Waals surface area contributed by atoms with Gasteiger partial charge in [-0.2, -0.15) is 0 Å². The van der Waals surface area contributed by atoms with Gasteiger partial charge in [-0.3, -0.25) is 4.79 Å². The van der Waals surface area contributed by atoms with E-state index in [1.165, 1.54) is 4.90 Å². The van der Waals surface area contributed by atoms with Gasteiger partial charge in [0.15, 0.2) is 0 Å². The topological polar surface area (TPSA) is 87.5 Å². The lowest BCUT2D eigenvalue weighted by atomic mass is 10.2. The van der Waals surface area contributed by atoms with Gasteiger partial charge in [0.2, 0.25) is 0 Å². The van der Waals surface area contributed by atoms with Crippen LogP contribution in [0.2, 0.25) is 0 Å². The maximum Gasteiger partial charge on any atom is 0.317 e. The Morgan fingerprint density at radius 3 is 2.79 bits per heavy atom. The predicted octanol–water partition coefficient (Wildman–Crippen LogP) is 0.635. The number of carboxylic acids is 1. The number of aromatic nitrogens is 2. The minimum Gasteiger partial charge on any atom is -0.481 e. The number of imidazole rings is 1. The summed E-state index contributed by atoms with van der Waals surface area (Å²) in [6.07, 6.45) is 5.17. The average molecular weight is 268 g/mol. The highest BCUT2D eigenvalue weighted by molar-refractivity contribution is 5.75. The second-order valence-electron chi connectivity index (χ2n) is 4.31. The monoisotopic (exact) mass is 268 g/mol. The molecule has 0 aliphatic carbocycles. The Bertz CT molecular complexity index is 405. The van der Waals surface area contributed by atoms with Crippen LogP contribution in [0.5, 0.6) is 0 Å². The zero-order valence-electron chi connectivity index (χ0n) is 11.2. The van der Waals surface area contributed by atoms with E-state index in [0.717, 1.165) is 0 Å². The zero-order chi connectivity index (χ0) is 14.3. The first-order chi connectivity index (χ1) is 9.04. The molecule has 1 atom stereocenters. The lowest BCUT2D eigenvalue weighted by molar-refractivity contribution is -0.141. The standard InChI is InChI=1S/C12H20N4O3/c1-3-16(8-10(2)11(17)18)12(19)14-5-7-15-6-4-13-9-15/h4,6,9-10H,3,5,7-8H2,1-2H3,(H,14,19)(H,17,18). The molecule has 106 valence electrons. The normalized spacial score (nSPS) is 11.9. The number of rotatable bonds is 7. The quantitative estimate of drug-likeness (QED) is 0.759. The number of amides is 2. The van der Waals surface area contributed by atoms with Gasteiger partial charge in [0.05, 0.1) is 12.2 Å². The molecule has 2 N–H and O–H groups in total. The smallest absolute Gasteiger partial charge is 0.317 e. The van der Waals surface area contributed by atoms with Crippen molar-refractivity contribution in [1.29, 1.82) is 0 Å². The van der Waals surface area contributed by atoms with Crippen molar-refractivity contribution in [3.8, 4) is 0 Å². The summed E-state index contributed by atoms with van der Waals surface area (Å²) in [5, 5.41) is 11.6. The molecule has 0 aliphatic heterocycles. The molecule has 1 aromatic rings. The summed E-state index contributed by atoms with van der Waals surface area (Å²) < 4.78 is 1.86. The fourth-order valence-corrected chi connectivity index (χ4v) is 1.59. The van der Waals surface area contributed by atoms with Gasteiger partial charge in [-0.1, -0.05) is 6.92 Å². The van der Waals surface area contributed by atoms with E-state index in [1.807, 2.05) is 17.7 Å². The number of nitrogens with zero attached hydrogens (tertiary/aromatic N) is 3. The van der Waals surface area contributed by atoms with E-state index in [-0.39, 0.29) is 12.6 Å². The molecule has 0 aromatic carbocycles.